The lowest BCUT2D eigenvalue weighted by atomic mass is 10.1. The molecule has 0 aliphatic carbocycles. The molecule has 0 atom stereocenters. The van der Waals surface area contributed by atoms with Crippen LogP contribution >= 0.6 is 0 Å². The number of amides is 1. The molecule has 0 radical (unpaired) electrons. The van der Waals surface area contributed by atoms with Gasteiger partial charge in [-0.1, -0.05) is 36.4 Å². The van der Waals surface area contributed by atoms with Gasteiger partial charge in [0.15, 0.2) is 5.69 Å². The van der Waals surface area contributed by atoms with Gasteiger partial charge in [0, 0.05) is 37.9 Å². The van der Waals surface area contributed by atoms with Crippen LogP contribution in [0.1, 0.15) is 16.1 Å². The topological polar surface area (TPSA) is 62.2 Å². The van der Waals surface area contributed by atoms with E-state index in [2.05, 4.69) is 20.1 Å². The second-order valence-electron chi connectivity index (χ2n) is 6.59. The van der Waals surface area contributed by atoms with Crippen LogP contribution in [0.5, 0.6) is 0 Å². The minimum Gasteiger partial charge on any atom is -0.353 e. The Morgan fingerprint density at radius 1 is 0.926 bits per heavy atom. The van der Waals surface area contributed by atoms with Crippen LogP contribution in [0.25, 0.3) is 11.3 Å². The van der Waals surface area contributed by atoms with Gasteiger partial charge in [-0.15, -0.1) is 10.2 Å². The summed E-state index contributed by atoms with van der Waals surface area (Å²) in [5.41, 5.74) is 3.06. The molecule has 0 spiro atoms. The number of piperazine rings is 1. The first-order valence-corrected chi connectivity index (χ1v) is 9.07. The van der Waals surface area contributed by atoms with Crippen LogP contribution in [-0.2, 0) is 0 Å². The summed E-state index contributed by atoms with van der Waals surface area (Å²) < 4.78 is 0. The molecule has 1 aliphatic heterocycles. The normalized spacial score (nSPS) is 14.3. The molecule has 4 rings (SSSR count). The van der Waals surface area contributed by atoms with E-state index in [0.717, 1.165) is 35.7 Å². The van der Waals surface area contributed by atoms with Crippen LogP contribution in [0.2, 0.25) is 0 Å². The second kappa shape index (κ2) is 7.53. The van der Waals surface area contributed by atoms with E-state index in [9.17, 15) is 4.79 Å². The number of aryl methyl sites for hydroxylation is 1. The average Bonchev–Trinajstić information content (AvgIpc) is 2.74. The van der Waals surface area contributed by atoms with Gasteiger partial charge in [0.05, 0.1) is 5.69 Å². The number of pyridine rings is 1. The van der Waals surface area contributed by atoms with Crippen LogP contribution in [0.4, 0.5) is 5.82 Å². The smallest absolute Gasteiger partial charge is 0.274 e. The molecule has 27 heavy (non-hydrogen) atoms. The van der Waals surface area contributed by atoms with E-state index in [1.807, 2.05) is 66.4 Å². The third kappa shape index (κ3) is 3.65. The highest BCUT2D eigenvalue weighted by Crippen LogP contribution is 2.19. The molecule has 0 unspecified atom stereocenters. The van der Waals surface area contributed by atoms with Gasteiger partial charge in [-0.2, -0.15) is 0 Å². The molecular weight excluding hydrogens is 338 g/mol. The highest BCUT2D eigenvalue weighted by molar-refractivity contribution is 5.94. The standard InChI is InChI=1S/C21H21N5O/c1-16-15-18(17-7-3-2-4-8-17)23-24-20(16)21(27)26-13-11-25(12-14-26)19-9-5-6-10-22-19/h2-10,15H,11-14H2,1H3. The second-order valence-corrected chi connectivity index (χ2v) is 6.59. The molecule has 3 aromatic rings. The maximum atomic E-state index is 12.9. The highest BCUT2D eigenvalue weighted by atomic mass is 16.2. The summed E-state index contributed by atoms with van der Waals surface area (Å²) in [6.07, 6.45) is 1.79. The van der Waals surface area contributed by atoms with Crippen molar-refractivity contribution in [3.63, 3.8) is 0 Å². The minimum absolute atomic E-state index is 0.0553. The summed E-state index contributed by atoms with van der Waals surface area (Å²) in [5.74, 6) is 0.896. The Hall–Kier alpha value is -3.28. The molecule has 6 heteroatoms. The third-order valence-electron chi connectivity index (χ3n) is 4.80. The number of nitrogens with zero attached hydrogens (tertiary/aromatic N) is 5. The largest absolute Gasteiger partial charge is 0.353 e. The van der Waals surface area contributed by atoms with Crippen LogP contribution in [0, 0.1) is 6.92 Å². The molecule has 6 nitrogen and oxygen atoms in total. The number of carbonyl (C=O) groups excluding carboxylic acids is 1. The third-order valence-corrected chi connectivity index (χ3v) is 4.80. The number of aromatic nitrogens is 3. The van der Waals surface area contributed by atoms with Gasteiger partial charge in [0.25, 0.3) is 5.91 Å². The summed E-state index contributed by atoms with van der Waals surface area (Å²) in [6, 6.07) is 17.7. The van der Waals surface area contributed by atoms with Gasteiger partial charge in [0.1, 0.15) is 5.82 Å². The maximum absolute atomic E-state index is 12.9. The zero-order chi connectivity index (χ0) is 18.6. The fraction of sp³-hybridized carbons (Fsp3) is 0.238. The highest BCUT2D eigenvalue weighted by Gasteiger charge is 2.25. The maximum Gasteiger partial charge on any atom is 0.274 e. The van der Waals surface area contributed by atoms with Crippen LogP contribution in [-0.4, -0.2) is 52.2 Å². The quantitative estimate of drug-likeness (QED) is 0.720. The number of anilines is 1. The Labute approximate surface area is 158 Å². The molecule has 0 N–H and O–H groups in total. The van der Waals surface area contributed by atoms with E-state index in [0.29, 0.717) is 18.8 Å². The molecule has 1 fully saturated rings. The van der Waals surface area contributed by atoms with Crippen LogP contribution in [0.3, 0.4) is 0 Å². The number of benzene rings is 1. The van der Waals surface area contributed by atoms with Crippen molar-refractivity contribution in [2.24, 2.45) is 0 Å². The summed E-state index contributed by atoms with van der Waals surface area (Å²) in [7, 11) is 0. The molecule has 136 valence electrons. The van der Waals surface area contributed by atoms with Crippen LogP contribution in [0.15, 0.2) is 60.8 Å². The number of rotatable bonds is 3. The van der Waals surface area contributed by atoms with E-state index >= 15 is 0 Å². The minimum atomic E-state index is -0.0553. The number of carbonyl (C=O) groups is 1. The van der Waals surface area contributed by atoms with E-state index in [1.54, 1.807) is 6.20 Å². The van der Waals surface area contributed by atoms with Gasteiger partial charge < -0.3 is 9.80 Å². The first-order valence-electron chi connectivity index (χ1n) is 9.07. The van der Waals surface area contributed by atoms with Crippen molar-refractivity contribution in [1.29, 1.82) is 0 Å². The van der Waals surface area contributed by atoms with Crippen molar-refractivity contribution in [1.82, 2.24) is 20.1 Å². The van der Waals surface area contributed by atoms with Crippen molar-refractivity contribution in [2.75, 3.05) is 31.1 Å². The van der Waals surface area contributed by atoms with Crippen molar-refractivity contribution < 1.29 is 4.79 Å². The van der Waals surface area contributed by atoms with Crippen LogP contribution < -0.4 is 4.90 Å². The molecule has 0 saturated carbocycles. The summed E-state index contributed by atoms with van der Waals surface area (Å²) in [6.45, 7) is 4.74. The summed E-state index contributed by atoms with van der Waals surface area (Å²) in [4.78, 5) is 21.3. The van der Waals surface area contributed by atoms with Crippen molar-refractivity contribution >= 4 is 11.7 Å². The summed E-state index contributed by atoms with van der Waals surface area (Å²) in [5, 5.41) is 8.51. The van der Waals surface area contributed by atoms with Gasteiger partial charge >= 0.3 is 0 Å². The molecule has 1 amide bonds. The Morgan fingerprint density at radius 2 is 1.67 bits per heavy atom. The lowest BCUT2D eigenvalue weighted by Crippen LogP contribution is -2.49. The Morgan fingerprint density at radius 3 is 2.33 bits per heavy atom. The molecule has 1 saturated heterocycles. The Balaban J connectivity index is 1.46. The van der Waals surface area contributed by atoms with E-state index in [4.69, 9.17) is 0 Å². The van der Waals surface area contributed by atoms with Gasteiger partial charge in [0.2, 0.25) is 0 Å². The molecular formula is C21H21N5O. The van der Waals surface area contributed by atoms with Gasteiger partial charge in [-0.3, -0.25) is 4.79 Å². The Bertz CT molecular complexity index is 922. The molecule has 0 bridgehead atoms. The Kier molecular flexibility index (Phi) is 4.78. The van der Waals surface area contributed by atoms with Crippen molar-refractivity contribution in [3.8, 4) is 11.3 Å². The predicted molar refractivity (Wildman–Crippen MR) is 105 cm³/mol. The fourth-order valence-electron chi connectivity index (χ4n) is 3.28. The number of hydrogen-bond acceptors (Lipinski definition) is 5. The van der Waals surface area contributed by atoms with Gasteiger partial charge in [-0.25, -0.2) is 4.98 Å². The lowest BCUT2D eigenvalue weighted by Gasteiger charge is -2.35. The zero-order valence-electron chi connectivity index (χ0n) is 15.2. The first-order chi connectivity index (χ1) is 13.2. The molecule has 1 aromatic carbocycles. The number of hydrogen-bond donors (Lipinski definition) is 0. The molecule has 3 heterocycles. The average molecular weight is 359 g/mol. The van der Waals surface area contributed by atoms with E-state index in [1.165, 1.54) is 0 Å². The molecule has 1 aliphatic rings. The lowest BCUT2D eigenvalue weighted by molar-refractivity contribution is 0.0738. The van der Waals surface area contributed by atoms with Gasteiger partial charge in [-0.05, 0) is 30.7 Å². The van der Waals surface area contributed by atoms with E-state index < -0.39 is 0 Å². The summed E-state index contributed by atoms with van der Waals surface area (Å²) >= 11 is 0. The zero-order valence-corrected chi connectivity index (χ0v) is 15.2. The van der Waals surface area contributed by atoms with Crippen molar-refractivity contribution in [2.45, 2.75) is 6.92 Å². The SMILES string of the molecule is Cc1cc(-c2ccccc2)nnc1C(=O)N1CCN(c2ccccn2)CC1. The first kappa shape index (κ1) is 17.1. The van der Waals surface area contributed by atoms with Crippen molar-refractivity contribution in [3.05, 3.63) is 72.1 Å². The van der Waals surface area contributed by atoms with E-state index in [-0.39, 0.29) is 5.91 Å². The fourth-order valence-corrected chi connectivity index (χ4v) is 3.28. The monoisotopic (exact) mass is 359 g/mol. The molecule has 2 aromatic heterocycles. The predicted octanol–water partition coefficient (Wildman–Crippen LogP) is 2.81.